The van der Waals surface area contributed by atoms with Crippen LogP contribution >= 0.6 is 0 Å². The Kier molecular flexibility index (Phi) is 4.75. The van der Waals surface area contributed by atoms with Crippen LogP contribution in [0.25, 0.3) is 11.5 Å². The third-order valence-corrected chi connectivity index (χ3v) is 3.96. The number of aromatic nitrogens is 2. The molecule has 0 aliphatic heterocycles. The second-order valence-corrected chi connectivity index (χ2v) is 7.07. The highest BCUT2D eigenvalue weighted by Gasteiger charge is 2.15. The lowest BCUT2D eigenvalue weighted by atomic mass is 9.87. The van der Waals surface area contributed by atoms with Gasteiger partial charge in [0, 0.05) is 11.3 Å². The molecule has 0 bridgehead atoms. The van der Waals surface area contributed by atoms with E-state index in [1.54, 1.807) is 12.1 Å². The van der Waals surface area contributed by atoms with E-state index in [-0.39, 0.29) is 23.8 Å². The molecule has 3 rings (SSSR count). The van der Waals surface area contributed by atoms with Gasteiger partial charge in [0.25, 0.3) is 0 Å². The molecule has 0 spiro atoms. The molecule has 6 nitrogen and oxygen atoms in total. The van der Waals surface area contributed by atoms with Gasteiger partial charge in [0.1, 0.15) is 6.54 Å². The highest BCUT2D eigenvalue weighted by Crippen LogP contribution is 2.23. The fourth-order valence-corrected chi connectivity index (χ4v) is 2.49. The van der Waals surface area contributed by atoms with E-state index < -0.39 is 5.76 Å². The summed E-state index contributed by atoms with van der Waals surface area (Å²) in [6.45, 7) is 6.17. The molecule has 26 heavy (non-hydrogen) atoms. The molecule has 2 aromatic carbocycles. The standard InChI is InChI=1S/C20H21N3O3/c1-20(2,3)15-9-11-16(12-10-15)21-17(24)13-23-19(25)26-18(22-23)14-7-5-4-6-8-14/h4-12H,13H2,1-3H3,(H,21,24). The van der Waals surface area contributed by atoms with Crippen molar-refractivity contribution in [2.24, 2.45) is 0 Å². The lowest BCUT2D eigenvalue weighted by Crippen LogP contribution is -2.25. The predicted octanol–water partition coefficient (Wildman–Crippen LogP) is 3.44. The highest BCUT2D eigenvalue weighted by atomic mass is 16.4. The third kappa shape index (κ3) is 4.08. The SMILES string of the molecule is CC(C)(C)c1ccc(NC(=O)Cn2nc(-c3ccccc3)oc2=O)cc1. The van der Waals surface area contributed by atoms with Crippen molar-refractivity contribution in [3.8, 4) is 11.5 Å². The summed E-state index contributed by atoms with van der Waals surface area (Å²) < 4.78 is 6.14. The summed E-state index contributed by atoms with van der Waals surface area (Å²) in [4.78, 5) is 24.1. The van der Waals surface area contributed by atoms with Crippen molar-refractivity contribution in [1.29, 1.82) is 0 Å². The van der Waals surface area contributed by atoms with Crippen LogP contribution in [0.15, 0.2) is 63.8 Å². The summed E-state index contributed by atoms with van der Waals surface area (Å²) in [5, 5.41) is 6.85. The minimum atomic E-state index is -0.665. The van der Waals surface area contributed by atoms with Crippen molar-refractivity contribution in [3.05, 3.63) is 70.7 Å². The van der Waals surface area contributed by atoms with Crippen molar-refractivity contribution in [1.82, 2.24) is 9.78 Å². The van der Waals surface area contributed by atoms with E-state index in [9.17, 15) is 9.59 Å². The summed E-state index contributed by atoms with van der Waals surface area (Å²) in [6, 6.07) is 16.7. The molecular weight excluding hydrogens is 330 g/mol. The molecule has 0 aliphatic carbocycles. The maximum atomic E-state index is 12.2. The number of rotatable bonds is 4. The maximum Gasteiger partial charge on any atom is 0.437 e. The van der Waals surface area contributed by atoms with E-state index in [1.807, 2.05) is 42.5 Å². The summed E-state index contributed by atoms with van der Waals surface area (Å²) in [6.07, 6.45) is 0. The van der Waals surface area contributed by atoms with Crippen LogP contribution < -0.4 is 11.1 Å². The van der Waals surface area contributed by atoms with Crippen LogP contribution in [0.2, 0.25) is 0 Å². The molecule has 0 radical (unpaired) electrons. The number of hydrogen-bond donors (Lipinski definition) is 1. The monoisotopic (exact) mass is 351 g/mol. The van der Waals surface area contributed by atoms with Gasteiger partial charge in [-0.2, -0.15) is 4.68 Å². The largest absolute Gasteiger partial charge is 0.437 e. The Morgan fingerprint density at radius 2 is 1.73 bits per heavy atom. The van der Waals surface area contributed by atoms with Gasteiger partial charge in [0.05, 0.1) is 0 Å². The average molecular weight is 351 g/mol. The second kappa shape index (κ2) is 7.00. The highest BCUT2D eigenvalue weighted by molar-refractivity contribution is 5.90. The van der Waals surface area contributed by atoms with Gasteiger partial charge in [-0.3, -0.25) is 4.79 Å². The summed E-state index contributed by atoms with van der Waals surface area (Å²) in [7, 11) is 0. The molecule has 0 saturated carbocycles. The summed E-state index contributed by atoms with van der Waals surface area (Å²) in [5.41, 5.74) is 2.57. The first-order valence-corrected chi connectivity index (χ1v) is 8.37. The lowest BCUT2D eigenvalue weighted by molar-refractivity contribution is -0.117. The fourth-order valence-electron chi connectivity index (χ4n) is 2.49. The van der Waals surface area contributed by atoms with E-state index in [0.29, 0.717) is 11.3 Å². The Balaban J connectivity index is 1.69. The van der Waals surface area contributed by atoms with Crippen LogP contribution in [-0.4, -0.2) is 15.7 Å². The minimum Gasteiger partial charge on any atom is -0.388 e. The minimum absolute atomic E-state index is 0.0460. The first kappa shape index (κ1) is 17.7. The molecular formula is C20H21N3O3. The van der Waals surface area contributed by atoms with E-state index in [1.165, 1.54) is 5.56 Å². The van der Waals surface area contributed by atoms with Crippen LogP contribution in [0.3, 0.4) is 0 Å². The quantitative estimate of drug-likeness (QED) is 0.781. The van der Waals surface area contributed by atoms with E-state index in [0.717, 1.165) is 4.68 Å². The van der Waals surface area contributed by atoms with Crippen molar-refractivity contribution >= 4 is 11.6 Å². The first-order valence-electron chi connectivity index (χ1n) is 8.37. The van der Waals surface area contributed by atoms with Crippen molar-refractivity contribution in [3.63, 3.8) is 0 Å². The third-order valence-electron chi connectivity index (χ3n) is 3.96. The maximum absolute atomic E-state index is 12.2. The van der Waals surface area contributed by atoms with Gasteiger partial charge in [-0.05, 0) is 35.2 Å². The Labute approximate surface area is 151 Å². The van der Waals surface area contributed by atoms with Gasteiger partial charge in [0.2, 0.25) is 11.8 Å². The molecule has 0 saturated heterocycles. The number of amides is 1. The molecule has 0 atom stereocenters. The fraction of sp³-hybridized carbons (Fsp3) is 0.250. The molecule has 0 unspecified atom stereocenters. The van der Waals surface area contributed by atoms with Gasteiger partial charge in [-0.25, -0.2) is 4.79 Å². The van der Waals surface area contributed by atoms with Gasteiger partial charge in [0.15, 0.2) is 0 Å². The predicted molar refractivity (Wildman–Crippen MR) is 100.0 cm³/mol. The molecule has 1 amide bonds. The molecule has 1 heterocycles. The topological polar surface area (TPSA) is 77.1 Å². The number of carbonyl (C=O) groups excluding carboxylic acids is 1. The number of hydrogen-bond acceptors (Lipinski definition) is 4. The molecule has 0 fully saturated rings. The van der Waals surface area contributed by atoms with Crippen molar-refractivity contribution in [2.75, 3.05) is 5.32 Å². The first-order chi connectivity index (χ1) is 12.3. The van der Waals surface area contributed by atoms with Crippen molar-refractivity contribution in [2.45, 2.75) is 32.7 Å². The Morgan fingerprint density at radius 1 is 1.08 bits per heavy atom. The van der Waals surface area contributed by atoms with Gasteiger partial charge >= 0.3 is 5.76 Å². The van der Waals surface area contributed by atoms with Crippen LogP contribution in [-0.2, 0) is 16.8 Å². The van der Waals surface area contributed by atoms with E-state index in [2.05, 4.69) is 31.2 Å². The molecule has 1 N–H and O–H groups in total. The van der Waals surface area contributed by atoms with Crippen molar-refractivity contribution < 1.29 is 9.21 Å². The van der Waals surface area contributed by atoms with E-state index >= 15 is 0 Å². The van der Waals surface area contributed by atoms with Crippen LogP contribution in [0.1, 0.15) is 26.3 Å². The number of carbonyl (C=O) groups is 1. The normalized spacial score (nSPS) is 11.3. The molecule has 6 heteroatoms. The molecule has 3 aromatic rings. The Bertz CT molecular complexity index is 948. The number of nitrogens with zero attached hydrogens (tertiary/aromatic N) is 2. The zero-order chi connectivity index (χ0) is 18.7. The zero-order valence-corrected chi connectivity index (χ0v) is 15.0. The summed E-state index contributed by atoms with van der Waals surface area (Å²) >= 11 is 0. The molecule has 0 aliphatic rings. The number of nitrogens with one attached hydrogen (secondary N) is 1. The van der Waals surface area contributed by atoms with Gasteiger partial charge in [-0.1, -0.05) is 51.1 Å². The second-order valence-electron chi connectivity index (χ2n) is 7.07. The lowest BCUT2D eigenvalue weighted by Gasteiger charge is -2.19. The van der Waals surface area contributed by atoms with Crippen LogP contribution in [0, 0.1) is 0 Å². The number of benzene rings is 2. The molecule has 1 aromatic heterocycles. The van der Waals surface area contributed by atoms with Gasteiger partial charge < -0.3 is 9.73 Å². The zero-order valence-electron chi connectivity index (χ0n) is 15.0. The Morgan fingerprint density at radius 3 is 2.35 bits per heavy atom. The average Bonchev–Trinajstić information content (AvgIpc) is 2.96. The summed E-state index contributed by atoms with van der Waals surface area (Å²) in [5.74, 6) is -0.816. The Hall–Kier alpha value is -3.15. The smallest absolute Gasteiger partial charge is 0.388 e. The van der Waals surface area contributed by atoms with E-state index in [4.69, 9.17) is 4.42 Å². The number of anilines is 1. The van der Waals surface area contributed by atoms with Crippen LogP contribution in [0.5, 0.6) is 0 Å². The van der Waals surface area contributed by atoms with Crippen LogP contribution in [0.4, 0.5) is 5.69 Å². The molecule has 134 valence electrons. The van der Waals surface area contributed by atoms with Gasteiger partial charge in [-0.15, -0.1) is 5.10 Å².